The largest absolute Gasteiger partial charge is 0.337 e. The van der Waals surface area contributed by atoms with Crippen LogP contribution in [-0.4, -0.2) is 44.1 Å². The van der Waals surface area contributed by atoms with E-state index in [4.69, 9.17) is 0 Å². The third kappa shape index (κ3) is 5.42. The van der Waals surface area contributed by atoms with Gasteiger partial charge in [-0.05, 0) is 41.7 Å². The lowest BCUT2D eigenvalue weighted by Gasteiger charge is -2.30. The first-order valence-corrected chi connectivity index (χ1v) is 11.7. The van der Waals surface area contributed by atoms with Crippen molar-refractivity contribution in [3.05, 3.63) is 59.9 Å². The van der Waals surface area contributed by atoms with Crippen LogP contribution in [0.3, 0.4) is 0 Å². The summed E-state index contributed by atoms with van der Waals surface area (Å²) >= 11 is 0. The van der Waals surface area contributed by atoms with Gasteiger partial charge >= 0.3 is 0 Å². The monoisotopic (exact) mass is 418 g/mol. The normalized spacial score (nSPS) is 19.7. The molecule has 3 rings (SSSR count). The Labute approximate surface area is 172 Å². The van der Waals surface area contributed by atoms with E-state index in [9.17, 15) is 17.6 Å². The standard InChI is InChI=1S/C22H27FN2O3S/c1-15(2)22(26)25-11-10-20(24-29(3,27)28)21(25)13-16-6-4-7-17(12-16)18-8-5-9-19(23)14-18/h4-9,12,14-15,20-21,24H,10-11,13H2,1-3H3/t20-,21-/m0/s1. The van der Waals surface area contributed by atoms with Crippen molar-refractivity contribution in [3.63, 3.8) is 0 Å². The van der Waals surface area contributed by atoms with Crippen LogP contribution >= 0.6 is 0 Å². The molecule has 0 aliphatic carbocycles. The SMILES string of the molecule is CC(C)C(=O)N1CC[C@H](NS(C)(=O)=O)[C@@H]1Cc1cccc(-c2cccc(F)c2)c1. The number of rotatable bonds is 6. The summed E-state index contributed by atoms with van der Waals surface area (Å²) in [4.78, 5) is 14.5. The van der Waals surface area contributed by atoms with Crippen molar-refractivity contribution in [2.45, 2.75) is 38.8 Å². The number of carbonyl (C=O) groups is 1. The van der Waals surface area contributed by atoms with Crippen LogP contribution in [0.1, 0.15) is 25.8 Å². The number of nitrogens with zero attached hydrogens (tertiary/aromatic N) is 1. The van der Waals surface area contributed by atoms with Crippen molar-refractivity contribution in [2.75, 3.05) is 12.8 Å². The first-order valence-electron chi connectivity index (χ1n) is 9.77. The van der Waals surface area contributed by atoms with Gasteiger partial charge in [0.15, 0.2) is 0 Å². The molecule has 0 spiro atoms. The van der Waals surface area contributed by atoms with E-state index in [0.717, 1.165) is 22.9 Å². The van der Waals surface area contributed by atoms with E-state index in [1.807, 2.05) is 44.2 Å². The van der Waals surface area contributed by atoms with Gasteiger partial charge in [-0.3, -0.25) is 4.79 Å². The smallest absolute Gasteiger partial charge is 0.225 e. The number of amides is 1. The summed E-state index contributed by atoms with van der Waals surface area (Å²) in [5, 5.41) is 0. The molecule has 0 radical (unpaired) electrons. The molecule has 1 heterocycles. The van der Waals surface area contributed by atoms with E-state index in [1.54, 1.807) is 11.0 Å². The van der Waals surface area contributed by atoms with Crippen LogP contribution in [0.5, 0.6) is 0 Å². The molecule has 0 unspecified atom stereocenters. The molecule has 0 bridgehead atoms. The molecule has 1 aliphatic rings. The molecule has 2 aromatic rings. The van der Waals surface area contributed by atoms with Gasteiger partial charge in [-0.25, -0.2) is 17.5 Å². The lowest BCUT2D eigenvalue weighted by Crippen LogP contribution is -2.48. The summed E-state index contributed by atoms with van der Waals surface area (Å²) in [6.45, 7) is 4.22. The van der Waals surface area contributed by atoms with Crippen LogP contribution in [0.4, 0.5) is 4.39 Å². The molecule has 1 amide bonds. The highest BCUT2D eigenvalue weighted by Gasteiger charge is 2.38. The van der Waals surface area contributed by atoms with Crippen molar-refractivity contribution < 1.29 is 17.6 Å². The molecule has 2 atom stereocenters. The minimum atomic E-state index is -3.39. The number of carbonyl (C=O) groups excluding carboxylic acids is 1. The lowest BCUT2D eigenvalue weighted by atomic mass is 9.96. The average Bonchev–Trinajstić information content (AvgIpc) is 3.01. The summed E-state index contributed by atoms with van der Waals surface area (Å²) in [5.74, 6) is -0.433. The van der Waals surface area contributed by atoms with Crippen LogP contribution in [0.25, 0.3) is 11.1 Å². The summed E-state index contributed by atoms with van der Waals surface area (Å²) in [6, 6.07) is 13.6. The fraction of sp³-hybridized carbons (Fsp3) is 0.409. The molecular formula is C22H27FN2O3S. The van der Waals surface area contributed by atoms with Gasteiger partial charge in [0, 0.05) is 18.5 Å². The zero-order valence-corrected chi connectivity index (χ0v) is 17.7. The predicted molar refractivity (Wildman–Crippen MR) is 112 cm³/mol. The summed E-state index contributed by atoms with van der Waals surface area (Å²) in [5.41, 5.74) is 2.63. The molecule has 1 aliphatic heterocycles. The molecule has 156 valence electrons. The fourth-order valence-electron chi connectivity index (χ4n) is 3.91. The Morgan fingerprint density at radius 3 is 2.45 bits per heavy atom. The molecule has 1 saturated heterocycles. The van der Waals surface area contributed by atoms with Crippen molar-refractivity contribution in [3.8, 4) is 11.1 Å². The van der Waals surface area contributed by atoms with Crippen LogP contribution in [0.2, 0.25) is 0 Å². The molecule has 29 heavy (non-hydrogen) atoms. The van der Waals surface area contributed by atoms with Gasteiger partial charge in [0.2, 0.25) is 15.9 Å². The van der Waals surface area contributed by atoms with E-state index in [1.165, 1.54) is 12.1 Å². The first-order chi connectivity index (χ1) is 13.6. The van der Waals surface area contributed by atoms with E-state index in [-0.39, 0.29) is 29.7 Å². The minimum Gasteiger partial charge on any atom is -0.337 e. The Balaban J connectivity index is 1.89. The van der Waals surface area contributed by atoms with Gasteiger partial charge < -0.3 is 4.90 Å². The quantitative estimate of drug-likeness (QED) is 0.783. The first kappa shape index (κ1) is 21.5. The highest BCUT2D eigenvalue weighted by Crippen LogP contribution is 2.27. The second kappa shape index (κ2) is 8.63. The predicted octanol–water partition coefficient (Wildman–Crippen LogP) is 3.21. The van der Waals surface area contributed by atoms with Crippen LogP contribution in [-0.2, 0) is 21.2 Å². The zero-order valence-electron chi connectivity index (χ0n) is 16.9. The summed E-state index contributed by atoms with van der Waals surface area (Å²) < 4.78 is 39.9. The molecule has 1 fully saturated rings. The van der Waals surface area contributed by atoms with Gasteiger partial charge in [-0.1, -0.05) is 50.2 Å². The third-order valence-electron chi connectivity index (χ3n) is 5.22. The number of halogens is 1. The molecule has 0 aromatic heterocycles. The van der Waals surface area contributed by atoms with Gasteiger partial charge in [-0.15, -0.1) is 0 Å². The highest BCUT2D eigenvalue weighted by molar-refractivity contribution is 7.88. The lowest BCUT2D eigenvalue weighted by molar-refractivity contribution is -0.135. The van der Waals surface area contributed by atoms with E-state index < -0.39 is 10.0 Å². The number of hydrogen-bond donors (Lipinski definition) is 1. The van der Waals surface area contributed by atoms with Crippen molar-refractivity contribution in [1.29, 1.82) is 0 Å². The second-order valence-electron chi connectivity index (χ2n) is 7.95. The summed E-state index contributed by atoms with van der Waals surface area (Å²) in [7, 11) is -3.39. The molecule has 7 heteroatoms. The molecular weight excluding hydrogens is 391 g/mol. The van der Waals surface area contributed by atoms with Crippen molar-refractivity contribution in [1.82, 2.24) is 9.62 Å². The minimum absolute atomic E-state index is 0.0223. The Morgan fingerprint density at radius 1 is 1.17 bits per heavy atom. The average molecular weight is 419 g/mol. The molecule has 5 nitrogen and oxygen atoms in total. The second-order valence-corrected chi connectivity index (χ2v) is 9.73. The van der Waals surface area contributed by atoms with E-state index in [0.29, 0.717) is 19.4 Å². The number of likely N-dealkylation sites (tertiary alicyclic amines) is 1. The molecule has 0 saturated carbocycles. The van der Waals surface area contributed by atoms with Gasteiger partial charge in [0.25, 0.3) is 0 Å². The summed E-state index contributed by atoms with van der Waals surface area (Å²) in [6.07, 6.45) is 2.25. The van der Waals surface area contributed by atoms with Crippen molar-refractivity contribution >= 4 is 15.9 Å². The molecule has 1 N–H and O–H groups in total. The molecule has 2 aromatic carbocycles. The van der Waals surface area contributed by atoms with Crippen LogP contribution in [0.15, 0.2) is 48.5 Å². The Morgan fingerprint density at radius 2 is 1.83 bits per heavy atom. The maximum absolute atomic E-state index is 13.6. The maximum Gasteiger partial charge on any atom is 0.225 e. The van der Waals surface area contributed by atoms with Gasteiger partial charge in [0.05, 0.1) is 12.3 Å². The Bertz CT molecular complexity index is 991. The Hall–Kier alpha value is -2.25. The number of hydrogen-bond acceptors (Lipinski definition) is 3. The van der Waals surface area contributed by atoms with Crippen LogP contribution < -0.4 is 4.72 Å². The third-order valence-corrected chi connectivity index (χ3v) is 5.95. The van der Waals surface area contributed by atoms with E-state index >= 15 is 0 Å². The number of benzene rings is 2. The number of sulfonamides is 1. The zero-order chi connectivity index (χ0) is 21.2. The van der Waals surface area contributed by atoms with Crippen LogP contribution in [0, 0.1) is 11.7 Å². The number of nitrogens with one attached hydrogen (secondary N) is 1. The van der Waals surface area contributed by atoms with Crippen molar-refractivity contribution in [2.24, 2.45) is 5.92 Å². The Kier molecular flexibility index (Phi) is 6.39. The fourth-order valence-corrected chi connectivity index (χ4v) is 4.74. The van der Waals surface area contributed by atoms with Gasteiger partial charge in [-0.2, -0.15) is 0 Å². The van der Waals surface area contributed by atoms with Gasteiger partial charge in [0.1, 0.15) is 5.82 Å². The topological polar surface area (TPSA) is 66.5 Å². The highest BCUT2D eigenvalue weighted by atomic mass is 32.2. The van der Waals surface area contributed by atoms with E-state index in [2.05, 4.69) is 4.72 Å². The maximum atomic E-state index is 13.6.